The van der Waals surface area contributed by atoms with E-state index in [0.717, 1.165) is 19.1 Å². The maximum absolute atomic E-state index is 5.96. The van der Waals surface area contributed by atoms with Crippen molar-refractivity contribution in [2.75, 3.05) is 20.3 Å². The van der Waals surface area contributed by atoms with Gasteiger partial charge < -0.3 is 14.8 Å². The van der Waals surface area contributed by atoms with Crippen LogP contribution < -0.4 is 5.32 Å². The van der Waals surface area contributed by atoms with Crippen molar-refractivity contribution in [1.82, 2.24) is 5.32 Å². The first-order valence-corrected chi connectivity index (χ1v) is 6.21. The molecule has 0 bridgehead atoms. The van der Waals surface area contributed by atoms with Gasteiger partial charge in [-0.05, 0) is 45.6 Å². The highest BCUT2D eigenvalue weighted by Gasteiger charge is 2.34. The van der Waals surface area contributed by atoms with Crippen molar-refractivity contribution in [2.45, 2.75) is 50.9 Å². The van der Waals surface area contributed by atoms with E-state index < -0.39 is 0 Å². The molecule has 0 radical (unpaired) electrons. The molecule has 0 aromatic heterocycles. The standard InChI is InChI=1S/C12H23NO2/c1-9-3-4-11(15-9)12(13-2)10-5-7-14-8-6-10/h9-13H,3-8H2,1-2H3. The molecule has 0 spiro atoms. The van der Waals surface area contributed by atoms with E-state index in [9.17, 15) is 0 Å². The highest BCUT2D eigenvalue weighted by atomic mass is 16.5. The number of nitrogens with one attached hydrogen (secondary N) is 1. The molecule has 0 aromatic carbocycles. The van der Waals surface area contributed by atoms with E-state index in [1.165, 1.54) is 25.7 Å². The molecule has 0 amide bonds. The van der Waals surface area contributed by atoms with Crippen molar-refractivity contribution < 1.29 is 9.47 Å². The van der Waals surface area contributed by atoms with Gasteiger partial charge in [0.1, 0.15) is 0 Å². The maximum Gasteiger partial charge on any atom is 0.0735 e. The molecule has 0 aromatic rings. The summed E-state index contributed by atoms with van der Waals surface area (Å²) in [6.07, 6.45) is 5.66. The van der Waals surface area contributed by atoms with Gasteiger partial charge in [-0.2, -0.15) is 0 Å². The molecule has 0 saturated carbocycles. The molecular weight excluding hydrogens is 190 g/mol. The van der Waals surface area contributed by atoms with E-state index in [4.69, 9.17) is 9.47 Å². The second kappa shape index (κ2) is 5.28. The first kappa shape index (κ1) is 11.4. The van der Waals surface area contributed by atoms with Crippen LogP contribution in [0.1, 0.15) is 32.6 Å². The summed E-state index contributed by atoms with van der Waals surface area (Å²) in [5.74, 6) is 0.735. The lowest BCUT2D eigenvalue weighted by Crippen LogP contribution is -2.45. The molecule has 2 heterocycles. The zero-order valence-corrected chi connectivity index (χ0v) is 9.87. The largest absolute Gasteiger partial charge is 0.381 e. The third-order valence-corrected chi connectivity index (χ3v) is 3.77. The second-order valence-corrected chi connectivity index (χ2v) is 4.83. The van der Waals surface area contributed by atoms with Crippen LogP contribution in [-0.2, 0) is 9.47 Å². The van der Waals surface area contributed by atoms with Crippen LogP contribution in [0, 0.1) is 5.92 Å². The fourth-order valence-electron chi connectivity index (χ4n) is 2.90. The van der Waals surface area contributed by atoms with Crippen LogP contribution in [0.4, 0.5) is 0 Å². The van der Waals surface area contributed by atoms with E-state index in [1.807, 2.05) is 0 Å². The third kappa shape index (κ3) is 2.71. The van der Waals surface area contributed by atoms with Gasteiger partial charge in [-0.25, -0.2) is 0 Å². The van der Waals surface area contributed by atoms with Gasteiger partial charge in [0.05, 0.1) is 12.2 Å². The average Bonchev–Trinajstić information content (AvgIpc) is 2.68. The lowest BCUT2D eigenvalue weighted by molar-refractivity contribution is -0.00832. The summed E-state index contributed by atoms with van der Waals surface area (Å²) in [4.78, 5) is 0. The minimum atomic E-state index is 0.424. The lowest BCUT2D eigenvalue weighted by atomic mass is 9.87. The summed E-state index contributed by atoms with van der Waals surface area (Å²) in [5, 5.41) is 3.45. The van der Waals surface area contributed by atoms with Crippen LogP contribution in [0.15, 0.2) is 0 Å². The van der Waals surface area contributed by atoms with Crippen LogP contribution >= 0.6 is 0 Å². The van der Waals surface area contributed by atoms with Gasteiger partial charge in [0.2, 0.25) is 0 Å². The van der Waals surface area contributed by atoms with E-state index in [2.05, 4.69) is 19.3 Å². The highest BCUT2D eigenvalue weighted by Crippen LogP contribution is 2.29. The van der Waals surface area contributed by atoms with Crippen molar-refractivity contribution >= 4 is 0 Å². The van der Waals surface area contributed by atoms with Crippen molar-refractivity contribution in [2.24, 2.45) is 5.92 Å². The van der Waals surface area contributed by atoms with E-state index in [0.29, 0.717) is 18.2 Å². The fourth-order valence-corrected chi connectivity index (χ4v) is 2.90. The van der Waals surface area contributed by atoms with Crippen molar-refractivity contribution in [1.29, 1.82) is 0 Å². The van der Waals surface area contributed by atoms with Gasteiger partial charge >= 0.3 is 0 Å². The van der Waals surface area contributed by atoms with Gasteiger partial charge in [-0.15, -0.1) is 0 Å². The molecular formula is C12H23NO2. The molecule has 3 nitrogen and oxygen atoms in total. The zero-order valence-electron chi connectivity index (χ0n) is 9.87. The predicted molar refractivity (Wildman–Crippen MR) is 60.0 cm³/mol. The minimum Gasteiger partial charge on any atom is -0.381 e. The second-order valence-electron chi connectivity index (χ2n) is 4.83. The summed E-state index contributed by atoms with van der Waals surface area (Å²) in [6, 6.07) is 0.527. The summed E-state index contributed by atoms with van der Waals surface area (Å²) < 4.78 is 11.4. The molecule has 2 fully saturated rings. The fraction of sp³-hybridized carbons (Fsp3) is 1.00. The molecule has 15 heavy (non-hydrogen) atoms. The van der Waals surface area contributed by atoms with Crippen LogP contribution in [0.25, 0.3) is 0 Å². The molecule has 1 N–H and O–H groups in total. The first-order chi connectivity index (χ1) is 7.31. The first-order valence-electron chi connectivity index (χ1n) is 6.21. The van der Waals surface area contributed by atoms with Crippen LogP contribution in [0.2, 0.25) is 0 Å². The molecule has 3 atom stereocenters. The summed E-state index contributed by atoms with van der Waals surface area (Å²) >= 11 is 0. The van der Waals surface area contributed by atoms with Crippen LogP contribution in [0.3, 0.4) is 0 Å². The molecule has 0 aliphatic carbocycles. The quantitative estimate of drug-likeness (QED) is 0.772. The third-order valence-electron chi connectivity index (χ3n) is 3.77. The molecule has 3 heteroatoms. The molecule has 2 aliphatic heterocycles. The maximum atomic E-state index is 5.96. The molecule has 88 valence electrons. The van der Waals surface area contributed by atoms with Gasteiger partial charge in [0, 0.05) is 19.3 Å². The Morgan fingerprint density at radius 3 is 2.40 bits per heavy atom. The number of ether oxygens (including phenoxy) is 2. The topological polar surface area (TPSA) is 30.5 Å². The Labute approximate surface area is 92.5 Å². The average molecular weight is 213 g/mol. The smallest absolute Gasteiger partial charge is 0.0735 e. The van der Waals surface area contributed by atoms with Crippen LogP contribution in [-0.4, -0.2) is 38.5 Å². The van der Waals surface area contributed by atoms with Gasteiger partial charge in [0.15, 0.2) is 0 Å². The Kier molecular flexibility index (Phi) is 4.00. The highest BCUT2D eigenvalue weighted by molar-refractivity contribution is 4.88. The van der Waals surface area contributed by atoms with Gasteiger partial charge in [-0.3, -0.25) is 0 Å². The van der Waals surface area contributed by atoms with E-state index in [1.54, 1.807) is 0 Å². The van der Waals surface area contributed by atoms with Crippen molar-refractivity contribution in [3.05, 3.63) is 0 Å². The number of likely N-dealkylation sites (N-methyl/N-ethyl adjacent to an activating group) is 1. The minimum absolute atomic E-state index is 0.424. The monoisotopic (exact) mass is 213 g/mol. The number of hydrogen-bond donors (Lipinski definition) is 1. The normalized spacial score (nSPS) is 35.6. The Morgan fingerprint density at radius 2 is 1.87 bits per heavy atom. The Balaban J connectivity index is 1.90. The molecule has 2 saturated heterocycles. The summed E-state index contributed by atoms with van der Waals surface area (Å²) in [6.45, 7) is 4.02. The van der Waals surface area contributed by atoms with Gasteiger partial charge in [0.25, 0.3) is 0 Å². The Hall–Kier alpha value is -0.120. The lowest BCUT2D eigenvalue weighted by Gasteiger charge is -2.33. The summed E-state index contributed by atoms with van der Waals surface area (Å²) in [7, 11) is 2.06. The van der Waals surface area contributed by atoms with Crippen molar-refractivity contribution in [3.8, 4) is 0 Å². The van der Waals surface area contributed by atoms with Gasteiger partial charge in [-0.1, -0.05) is 0 Å². The number of rotatable bonds is 3. The Bertz CT molecular complexity index is 187. The predicted octanol–water partition coefficient (Wildman–Crippen LogP) is 1.57. The van der Waals surface area contributed by atoms with E-state index in [-0.39, 0.29) is 0 Å². The molecule has 2 rings (SSSR count). The van der Waals surface area contributed by atoms with E-state index >= 15 is 0 Å². The molecule has 2 aliphatic rings. The summed E-state index contributed by atoms with van der Waals surface area (Å²) in [5.41, 5.74) is 0. The Morgan fingerprint density at radius 1 is 1.13 bits per heavy atom. The number of hydrogen-bond acceptors (Lipinski definition) is 3. The van der Waals surface area contributed by atoms with Crippen molar-refractivity contribution in [3.63, 3.8) is 0 Å². The van der Waals surface area contributed by atoms with Crippen LogP contribution in [0.5, 0.6) is 0 Å². The SMILES string of the molecule is CNC(C1CCOCC1)C1CCC(C)O1. The molecule has 3 unspecified atom stereocenters. The zero-order chi connectivity index (χ0) is 10.7.